The highest BCUT2D eigenvalue weighted by Crippen LogP contribution is 2.48. The molecule has 2 rings (SSSR count). The van der Waals surface area contributed by atoms with Crippen molar-refractivity contribution in [2.75, 3.05) is 26.0 Å². The van der Waals surface area contributed by atoms with Gasteiger partial charge >= 0.3 is 0 Å². The van der Waals surface area contributed by atoms with Crippen molar-refractivity contribution < 1.29 is 14.5 Å². The number of nitrogens with zero attached hydrogens (tertiary/aromatic N) is 1. The molecule has 0 radical (unpaired) electrons. The fourth-order valence-electron chi connectivity index (χ4n) is 2.27. The van der Waals surface area contributed by atoms with E-state index in [-0.39, 0.29) is 16.7 Å². The minimum absolute atomic E-state index is 0.00235. The van der Waals surface area contributed by atoms with Gasteiger partial charge in [-0.1, -0.05) is 0 Å². The molecule has 0 spiro atoms. The third-order valence-electron chi connectivity index (χ3n) is 3.88. The Balaban J connectivity index is 2.04. The van der Waals surface area contributed by atoms with Crippen LogP contribution in [-0.2, 0) is 4.74 Å². The second kappa shape index (κ2) is 6.09. The van der Waals surface area contributed by atoms with Crippen molar-refractivity contribution in [2.45, 2.75) is 19.3 Å². The number of nitro benzene ring substituents is 1. The molecule has 7 nitrogen and oxygen atoms in total. The van der Waals surface area contributed by atoms with Gasteiger partial charge in [0.25, 0.3) is 11.6 Å². The molecule has 114 valence electrons. The average molecular weight is 293 g/mol. The van der Waals surface area contributed by atoms with Crippen LogP contribution in [0.15, 0.2) is 18.2 Å². The summed E-state index contributed by atoms with van der Waals surface area (Å²) in [6.07, 6.45) is 2.95. The molecule has 0 bridgehead atoms. The van der Waals surface area contributed by atoms with Crippen molar-refractivity contribution in [3.8, 4) is 0 Å². The van der Waals surface area contributed by atoms with Crippen molar-refractivity contribution in [3.63, 3.8) is 0 Å². The van der Waals surface area contributed by atoms with Crippen LogP contribution in [0.5, 0.6) is 0 Å². The number of nitrogens with one attached hydrogen (secondary N) is 1. The van der Waals surface area contributed by atoms with Crippen LogP contribution in [-0.4, -0.2) is 31.1 Å². The molecular weight excluding hydrogens is 274 g/mol. The van der Waals surface area contributed by atoms with Crippen molar-refractivity contribution >= 4 is 17.3 Å². The van der Waals surface area contributed by atoms with Crippen LogP contribution in [0, 0.1) is 15.5 Å². The number of benzene rings is 1. The summed E-state index contributed by atoms with van der Waals surface area (Å²) in [5, 5.41) is 13.7. The number of rotatable bonds is 7. The molecule has 0 heterocycles. The van der Waals surface area contributed by atoms with E-state index in [1.54, 1.807) is 7.11 Å². The number of nitro groups is 1. The van der Waals surface area contributed by atoms with E-state index in [2.05, 4.69) is 5.32 Å². The van der Waals surface area contributed by atoms with Crippen molar-refractivity contribution in [1.82, 2.24) is 5.32 Å². The largest absolute Gasteiger partial charge is 0.399 e. The second-order valence-electron chi connectivity index (χ2n) is 5.46. The molecule has 0 aromatic heterocycles. The monoisotopic (exact) mass is 293 g/mol. The lowest BCUT2D eigenvalue weighted by atomic mass is 10.0. The predicted molar refractivity (Wildman–Crippen MR) is 78.0 cm³/mol. The molecule has 1 aromatic rings. The van der Waals surface area contributed by atoms with Gasteiger partial charge in [-0.25, -0.2) is 0 Å². The number of ether oxygens (including phenoxy) is 1. The molecule has 0 saturated heterocycles. The summed E-state index contributed by atoms with van der Waals surface area (Å²) >= 11 is 0. The Morgan fingerprint density at radius 3 is 2.81 bits per heavy atom. The Morgan fingerprint density at radius 1 is 1.52 bits per heavy atom. The fraction of sp³-hybridized carbons (Fsp3) is 0.500. The minimum Gasteiger partial charge on any atom is -0.399 e. The number of anilines is 1. The molecule has 1 aliphatic rings. The summed E-state index contributed by atoms with van der Waals surface area (Å²) in [6.45, 7) is 1.15. The molecule has 1 saturated carbocycles. The van der Waals surface area contributed by atoms with E-state index in [4.69, 9.17) is 10.5 Å². The van der Waals surface area contributed by atoms with Gasteiger partial charge in [0.15, 0.2) is 0 Å². The summed E-state index contributed by atoms with van der Waals surface area (Å²) < 4.78 is 5.06. The first-order chi connectivity index (χ1) is 9.97. The molecule has 1 aliphatic carbocycles. The van der Waals surface area contributed by atoms with Crippen molar-refractivity contribution in [3.05, 3.63) is 33.9 Å². The number of nitrogens with two attached hydrogens (primary N) is 1. The first-order valence-electron chi connectivity index (χ1n) is 6.78. The van der Waals surface area contributed by atoms with Gasteiger partial charge in [0.1, 0.15) is 5.56 Å². The van der Waals surface area contributed by atoms with Gasteiger partial charge in [0, 0.05) is 32.0 Å². The third-order valence-corrected chi connectivity index (χ3v) is 3.88. The normalized spacial score (nSPS) is 15.5. The smallest absolute Gasteiger partial charge is 0.282 e. The quantitative estimate of drug-likeness (QED) is 0.452. The van der Waals surface area contributed by atoms with E-state index in [1.165, 1.54) is 18.2 Å². The van der Waals surface area contributed by atoms with E-state index in [1.807, 2.05) is 0 Å². The second-order valence-corrected chi connectivity index (χ2v) is 5.46. The first-order valence-corrected chi connectivity index (χ1v) is 6.78. The number of amides is 1. The Kier molecular flexibility index (Phi) is 4.42. The first kappa shape index (κ1) is 15.2. The van der Waals surface area contributed by atoms with Gasteiger partial charge in [0.05, 0.1) is 4.92 Å². The standard InChI is InChI=1S/C14H19N3O4/c1-21-7-6-14(4-5-14)9-16-13(18)11-8-10(15)2-3-12(11)17(19)20/h2-3,8H,4-7,9,15H2,1H3,(H,16,18). The lowest BCUT2D eigenvalue weighted by molar-refractivity contribution is -0.385. The molecule has 7 heteroatoms. The number of nitrogen functional groups attached to an aromatic ring is 1. The van der Waals surface area contributed by atoms with Gasteiger partial charge in [-0.2, -0.15) is 0 Å². The van der Waals surface area contributed by atoms with E-state index in [0.29, 0.717) is 18.8 Å². The maximum atomic E-state index is 12.2. The Bertz CT molecular complexity index is 555. The van der Waals surface area contributed by atoms with Crippen LogP contribution in [0.4, 0.5) is 11.4 Å². The third kappa shape index (κ3) is 3.69. The predicted octanol–water partition coefficient (Wildman–Crippen LogP) is 1.72. The van der Waals surface area contributed by atoms with Crippen molar-refractivity contribution in [2.24, 2.45) is 5.41 Å². The molecule has 3 N–H and O–H groups in total. The van der Waals surface area contributed by atoms with E-state index < -0.39 is 10.8 Å². The van der Waals surface area contributed by atoms with E-state index in [0.717, 1.165) is 19.3 Å². The maximum absolute atomic E-state index is 12.2. The molecule has 1 amide bonds. The Hall–Kier alpha value is -2.15. The zero-order valence-electron chi connectivity index (χ0n) is 11.9. The molecule has 0 atom stereocenters. The fourth-order valence-corrected chi connectivity index (χ4v) is 2.27. The number of hydrogen-bond acceptors (Lipinski definition) is 5. The highest BCUT2D eigenvalue weighted by atomic mass is 16.6. The zero-order valence-corrected chi connectivity index (χ0v) is 11.9. The number of methoxy groups -OCH3 is 1. The Labute approximate surface area is 122 Å². The highest BCUT2D eigenvalue weighted by Gasteiger charge is 2.42. The summed E-state index contributed by atoms with van der Waals surface area (Å²) in [7, 11) is 1.64. The topological polar surface area (TPSA) is 107 Å². The van der Waals surface area contributed by atoms with Crippen molar-refractivity contribution in [1.29, 1.82) is 0 Å². The summed E-state index contributed by atoms with van der Waals surface area (Å²) in [5.41, 5.74) is 5.79. The zero-order chi connectivity index (χ0) is 15.5. The minimum atomic E-state index is -0.577. The molecule has 1 fully saturated rings. The maximum Gasteiger partial charge on any atom is 0.282 e. The molecule has 0 unspecified atom stereocenters. The molecule has 0 aliphatic heterocycles. The van der Waals surface area contributed by atoms with Crippen LogP contribution in [0.1, 0.15) is 29.6 Å². The number of hydrogen-bond donors (Lipinski definition) is 2. The molecule has 21 heavy (non-hydrogen) atoms. The highest BCUT2D eigenvalue weighted by molar-refractivity contribution is 5.99. The molecule has 1 aromatic carbocycles. The number of carbonyl (C=O) groups is 1. The van der Waals surface area contributed by atoms with E-state index >= 15 is 0 Å². The van der Waals surface area contributed by atoms with Gasteiger partial charge in [0.2, 0.25) is 0 Å². The SMILES string of the molecule is COCCC1(CNC(=O)c2cc(N)ccc2[N+](=O)[O-])CC1. The molecular formula is C14H19N3O4. The van der Waals surface area contributed by atoms with Gasteiger partial charge < -0.3 is 15.8 Å². The van der Waals surface area contributed by atoms with Crippen LogP contribution in [0.25, 0.3) is 0 Å². The van der Waals surface area contributed by atoms with Crippen LogP contribution in [0.3, 0.4) is 0 Å². The lowest BCUT2D eigenvalue weighted by Gasteiger charge is -2.15. The summed E-state index contributed by atoms with van der Waals surface area (Å²) in [4.78, 5) is 22.6. The summed E-state index contributed by atoms with van der Waals surface area (Å²) in [6, 6.07) is 4.00. The van der Waals surface area contributed by atoms with Crippen LogP contribution < -0.4 is 11.1 Å². The van der Waals surface area contributed by atoms with Gasteiger partial charge in [-0.15, -0.1) is 0 Å². The Morgan fingerprint density at radius 2 is 2.24 bits per heavy atom. The van der Waals surface area contributed by atoms with Gasteiger partial charge in [-0.3, -0.25) is 14.9 Å². The van der Waals surface area contributed by atoms with E-state index in [9.17, 15) is 14.9 Å². The van der Waals surface area contributed by atoms with Crippen LogP contribution >= 0.6 is 0 Å². The van der Waals surface area contributed by atoms with Gasteiger partial charge in [-0.05, 0) is 36.8 Å². The number of carbonyl (C=O) groups excluding carboxylic acids is 1. The summed E-state index contributed by atoms with van der Waals surface area (Å²) in [5.74, 6) is -0.460. The van der Waals surface area contributed by atoms with Crippen LogP contribution in [0.2, 0.25) is 0 Å². The average Bonchev–Trinajstić information content (AvgIpc) is 3.22. The lowest BCUT2D eigenvalue weighted by Crippen LogP contribution is -2.31.